The summed E-state index contributed by atoms with van der Waals surface area (Å²) in [6.07, 6.45) is -7.69. The van der Waals surface area contributed by atoms with Crippen molar-refractivity contribution >= 4 is 45.9 Å². The van der Waals surface area contributed by atoms with E-state index in [4.69, 9.17) is 4.74 Å². The van der Waals surface area contributed by atoms with Gasteiger partial charge in [-0.1, -0.05) is 0 Å². The molecule has 1 aromatic rings. The fourth-order valence-corrected chi connectivity index (χ4v) is 2.12. The zero-order valence-corrected chi connectivity index (χ0v) is 15.0. The van der Waals surface area contributed by atoms with Crippen LogP contribution >= 0.6 is 22.6 Å². The van der Waals surface area contributed by atoms with Crippen LogP contribution in [0.2, 0.25) is 0 Å². The number of amides is 1. The Morgan fingerprint density at radius 2 is 1.88 bits per heavy atom. The van der Waals surface area contributed by atoms with Gasteiger partial charge in [-0.2, -0.15) is 13.2 Å². The number of hydrogen-bond acceptors (Lipinski definition) is 5. The van der Waals surface area contributed by atoms with Gasteiger partial charge < -0.3 is 14.8 Å². The quantitative estimate of drug-likeness (QED) is 0.295. The van der Waals surface area contributed by atoms with Crippen LogP contribution in [0.4, 0.5) is 23.2 Å². The van der Waals surface area contributed by atoms with Gasteiger partial charge in [-0.3, -0.25) is 9.59 Å². The summed E-state index contributed by atoms with van der Waals surface area (Å²) in [5.41, 5.74) is -0.493. The number of hydrogen-bond donors (Lipinski definition) is 1. The highest BCUT2D eigenvalue weighted by Crippen LogP contribution is 2.29. The highest BCUT2D eigenvalue weighted by molar-refractivity contribution is 14.1. The van der Waals surface area contributed by atoms with Crippen molar-refractivity contribution in [1.82, 2.24) is 0 Å². The SMILES string of the molecule is COC(=O)C(C)Oc1cc(NC(=O)CC(=O)C(F)(F)F)c(F)cc1I. The van der Waals surface area contributed by atoms with Gasteiger partial charge >= 0.3 is 12.1 Å². The lowest BCUT2D eigenvalue weighted by Gasteiger charge is -2.15. The normalized spacial score (nSPS) is 12.3. The molecule has 0 fully saturated rings. The second-order valence-corrected chi connectivity index (χ2v) is 5.85. The topological polar surface area (TPSA) is 81.7 Å². The van der Waals surface area contributed by atoms with Crippen LogP contribution < -0.4 is 10.1 Å². The van der Waals surface area contributed by atoms with Crippen LogP contribution in [0.1, 0.15) is 13.3 Å². The molecule has 0 saturated heterocycles. The molecule has 0 saturated carbocycles. The van der Waals surface area contributed by atoms with Gasteiger partial charge in [-0.25, -0.2) is 9.18 Å². The molecule has 11 heteroatoms. The molecule has 6 nitrogen and oxygen atoms in total. The predicted molar refractivity (Wildman–Crippen MR) is 85.5 cm³/mol. The van der Waals surface area contributed by atoms with E-state index in [2.05, 4.69) is 4.74 Å². The molecule has 0 heterocycles. The van der Waals surface area contributed by atoms with Gasteiger partial charge in [-0.15, -0.1) is 0 Å². The van der Waals surface area contributed by atoms with E-state index >= 15 is 0 Å². The second-order valence-electron chi connectivity index (χ2n) is 4.69. The third-order valence-corrected chi connectivity index (χ3v) is 3.61. The Labute approximate surface area is 153 Å². The first-order valence-electron chi connectivity index (χ1n) is 6.59. The van der Waals surface area contributed by atoms with Gasteiger partial charge in [-0.05, 0) is 35.6 Å². The average molecular weight is 477 g/mol. The molecule has 0 bridgehead atoms. The van der Waals surface area contributed by atoms with Crippen LogP contribution in [0, 0.1) is 9.39 Å². The van der Waals surface area contributed by atoms with Crippen molar-refractivity contribution in [3.8, 4) is 5.75 Å². The first kappa shape index (κ1) is 21.1. The number of ether oxygens (including phenoxy) is 2. The van der Waals surface area contributed by atoms with E-state index in [0.29, 0.717) is 0 Å². The van der Waals surface area contributed by atoms with Crippen molar-refractivity contribution in [3.05, 3.63) is 21.5 Å². The molecule has 0 aliphatic rings. The molecular weight excluding hydrogens is 465 g/mol. The summed E-state index contributed by atoms with van der Waals surface area (Å²) in [5, 5.41) is 1.86. The lowest BCUT2D eigenvalue weighted by molar-refractivity contribution is -0.171. The minimum atomic E-state index is -5.16. The van der Waals surface area contributed by atoms with Gasteiger partial charge in [0.2, 0.25) is 11.7 Å². The standard InChI is InChI=1S/C14H12F4INO5/c1-6(13(23)24-2)25-10-4-9(7(15)3-8(10)19)20-12(22)5-11(21)14(16,17)18/h3-4,6H,5H2,1-2H3,(H,20,22). The Balaban J connectivity index is 2.94. The molecule has 1 unspecified atom stereocenters. The maximum atomic E-state index is 13.9. The molecule has 0 aromatic heterocycles. The summed E-state index contributed by atoms with van der Waals surface area (Å²) in [6, 6.07) is 1.94. The van der Waals surface area contributed by atoms with Crippen molar-refractivity contribution in [2.24, 2.45) is 0 Å². The van der Waals surface area contributed by atoms with E-state index in [1.54, 1.807) is 22.6 Å². The summed E-state index contributed by atoms with van der Waals surface area (Å²) in [6.45, 7) is 1.37. The molecule has 0 aliphatic carbocycles. The number of ketones is 1. The molecule has 0 aliphatic heterocycles. The number of rotatable bonds is 6. The largest absolute Gasteiger partial charge is 0.478 e. The maximum absolute atomic E-state index is 13.9. The van der Waals surface area contributed by atoms with Crippen LogP contribution in [0.3, 0.4) is 0 Å². The van der Waals surface area contributed by atoms with Gasteiger partial charge in [0.25, 0.3) is 0 Å². The number of Topliss-reactive ketones (excluding diaryl/α,β-unsaturated/α-hetero) is 1. The van der Waals surface area contributed by atoms with Crippen molar-refractivity contribution in [2.45, 2.75) is 25.6 Å². The Hall–Kier alpha value is -1.92. The number of benzene rings is 1. The number of carbonyl (C=O) groups excluding carboxylic acids is 3. The molecule has 0 radical (unpaired) electrons. The number of carbonyl (C=O) groups is 3. The number of alkyl halides is 3. The smallest absolute Gasteiger partial charge is 0.450 e. The van der Waals surface area contributed by atoms with Gasteiger partial charge in [0.1, 0.15) is 11.6 Å². The van der Waals surface area contributed by atoms with Crippen molar-refractivity contribution in [3.63, 3.8) is 0 Å². The molecule has 1 amide bonds. The van der Waals surface area contributed by atoms with Crippen molar-refractivity contribution in [1.29, 1.82) is 0 Å². The molecule has 138 valence electrons. The fourth-order valence-electron chi connectivity index (χ4n) is 1.56. The van der Waals surface area contributed by atoms with E-state index in [1.165, 1.54) is 6.92 Å². The Kier molecular flexibility index (Phi) is 7.14. The summed E-state index contributed by atoms with van der Waals surface area (Å²) in [4.78, 5) is 33.6. The lowest BCUT2D eigenvalue weighted by atomic mass is 10.2. The molecule has 1 aromatic carbocycles. The monoisotopic (exact) mass is 477 g/mol. The minimum Gasteiger partial charge on any atom is -0.478 e. The highest BCUT2D eigenvalue weighted by Gasteiger charge is 2.39. The Morgan fingerprint density at radius 1 is 1.28 bits per heavy atom. The van der Waals surface area contributed by atoms with Crippen LogP contribution in [0.15, 0.2) is 12.1 Å². The van der Waals surface area contributed by atoms with E-state index < -0.39 is 47.9 Å². The summed E-state index contributed by atoms with van der Waals surface area (Å²) < 4.78 is 60.2. The Bertz CT molecular complexity index is 693. The van der Waals surface area contributed by atoms with Crippen molar-refractivity contribution in [2.75, 3.05) is 12.4 Å². The number of halogens is 5. The number of esters is 1. The summed E-state index contributed by atoms with van der Waals surface area (Å²) in [5.74, 6) is -5.25. The van der Waals surface area contributed by atoms with E-state index in [0.717, 1.165) is 19.2 Å². The van der Waals surface area contributed by atoms with Crippen LogP contribution in [-0.2, 0) is 19.1 Å². The average Bonchev–Trinajstić information content (AvgIpc) is 2.49. The fraction of sp³-hybridized carbons (Fsp3) is 0.357. The van der Waals surface area contributed by atoms with Crippen LogP contribution in [-0.4, -0.2) is 37.0 Å². The maximum Gasteiger partial charge on any atom is 0.450 e. The molecule has 1 rings (SSSR count). The summed E-state index contributed by atoms with van der Waals surface area (Å²) >= 11 is 1.70. The first-order valence-corrected chi connectivity index (χ1v) is 7.67. The second kappa shape index (κ2) is 8.45. The zero-order chi connectivity index (χ0) is 19.4. The van der Waals surface area contributed by atoms with E-state index in [-0.39, 0.29) is 9.32 Å². The third-order valence-electron chi connectivity index (χ3n) is 2.77. The highest BCUT2D eigenvalue weighted by atomic mass is 127. The molecular formula is C14H12F4INO5. The van der Waals surface area contributed by atoms with Crippen LogP contribution in [0.25, 0.3) is 0 Å². The van der Waals surface area contributed by atoms with E-state index in [9.17, 15) is 31.9 Å². The van der Waals surface area contributed by atoms with Crippen molar-refractivity contribution < 1.29 is 41.4 Å². The number of anilines is 1. The minimum absolute atomic E-state index is 0.00246. The summed E-state index contributed by atoms with van der Waals surface area (Å²) in [7, 11) is 1.14. The van der Waals surface area contributed by atoms with Gasteiger partial charge in [0, 0.05) is 6.07 Å². The van der Waals surface area contributed by atoms with Crippen LogP contribution in [0.5, 0.6) is 5.75 Å². The first-order chi connectivity index (χ1) is 11.5. The molecule has 25 heavy (non-hydrogen) atoms. The molecule has 0 spiro atoms. The van der Waals surface area contributed by atoms with E-state index in [1.807, 2.05) is 5.32 Å². The molecule has 1 atom stereocenters. The number of nitrogens with one attached hydrogen (secondary N) is 1. The Morgan fingerprint density at radius 3 is 2.40 bits per heavy atom. The molecule has 1 N–H and O–H groups in total. The number of methoxy groups -OCH3 is 1. The van der Waals surface area contributed by atoms with Gasteiger partial charge in [0.05, 0.1) is 22.8 Å². The van der Waals surface area contributed by atoms with Gasteiger partial charge in [0.15, 0.2) is 6.10 Å². The lowest BCUT2D eigenvalue weighted by Crippen LogP contribution is -2.28. The predicted octanol–water partition coefficient (Wildman–Crippen LogP) is 2.83. The zero-order valence-electron chi connectivity index (χ0n) is 12.9. The third kappa shape index (κ3) is 6.14.